The molecule has 0 heterocycles. The number of rotatable bonds is 9. The number of methoxy groups -OCH3 is 1. The van der Waals surface area contributed by atoms with Crippen molar-refractivity contribution in [2.45, 2.75) is 56.8 Å². The second kappa shape index (κ2) is 9.96. The van der Waals surface area contributed by atoms with Gasteiger partial charge in [0.15, 0.2) is 0 Å². The van der Waals surface area contributed by atoms with E-state index in [1.807, 2.05) is 6.08 Å². The number of aromatic carboxylic acids is 1. The van der Waals surface area contributed by atoms with E-state index in [0.717, 1.165) is 36.0 Å². The number of ether oxygens (including phenoxy) is 1. The van der Waals surface area contributed by atoms with E-state index in [1.165, 1.54) is 61.8 Å². The number of allylic oxidation sites excluding steroid dienone is 3. The van der Waals surface area contributed by atoms with Gasteiger partial charge in [0.05, 0.1) is 12.7 Å². The fraction of sp³-hybridized carbons (Fsp3) is 0.419. The zero-order valence-electron chi connectivity index (χ0n) is 20.8. The van der Waals surface area contributed by atoms with Crippen molar-refractivity contribution in [2.75, 3.05) is 7.11 Å². The molecule has 2 N–H and O–H groups in total. The summed E-state index contributed by atoms with van der Waals surface area (Å²) in [7, 11) is 1.77. The molecule has 0 spiro atoms. The van der Waals surface area contributed by atoms with Gasteiger partial charge in [0, 0.05) is 11.6 Å². The molecule has 2 aromatic carbocycles. The van der Waals surface area contributed by atoms with Crippen molar-refractivity contribution < 1.29 is 24.5 Å². The van der Waals surface area contributed by atoms with Gasteiger partial charge in [0.25, 0.3) is 0 Å². The van der Waals surface area contributed by atoms with Crippen LogP contribution < -0.4 is 4.74 Å². The number of benzene rings is 2. The molecule has 4 aliphatic carbocycles. The Bertz CT molecular complexity index is 1190. The lowest BCUT2D eigenvalue weighted by molar-refractivity contribution is -0.131. The molecule has 2 aromatic rings. The Labute approximate surface area is 212 Å². The average Bonchev–Trinajstić information content (AvgIpc) is 2.85. The molecule has 6 rings (SSSR count). The minimum atomic E-state index is -1.04. The number of aliphatic carboxylic acids is 1. The summed E-state index contributed by atoms with van der Waals surface area (Å²) >= 11 is 0. The van der Waals surface area contributed by atoms with Crippen molar-refractivity contribution in [3.63, 3.8) is 0 Å². The number of carboxylic acids is 2. The monoisotopic (exact) mass is 486 g/mol. The van der Waals surface area contributed by atoms with Gasteiger partial charge >= 0.3 is 11.9 Å². The standard InChI is InChI=1S/C31H34O5/c1-36-28-15-20(8-10-27(28)31-17-21-12-22(18-31)14-23(13-21)19-31)4-2-5-24(9-11-29(32)33)25-6-3-7-26(16-25)30(34)35/h3,5-11,15-16,21-23H,2,4,12-14,17-19H2,1H3,(H,32,33)(H,34,35)/b11-9-,24-5-. The molecule has 4 saturated carbocycles. The molecule has 0 atom stereocenters. The molecular formula is C31H34O5. The van der Waals surface area contributed by atoms with Crippen molar-refractivity contribution in [2.24, 2.45) is 17.8 Å². The highest BCUT2D eigenvalue weighted by Gasteiger charge is 2.52. The third-order valence-electron chi connectivity index (χ3n) is 8.52. The second-order valence-electron chi connectivity index (χ2n) is 11.0. The Kier molecular flexibility index (Phi) is 6.74. The quantitative estimate of drug-likeness (QED) is 0.311. The van der Waals surface area contributed by atoms with Gasteiger partial charge in [-0.25, -0.2) is 9.59 Å². The van der Waals surface area contributed by atoms with Crippen LogP contribution in [0.5, 0.6) is 5.75 Å². The van der Waals surface area contributed by atoms with E-state index in [2.05, 4.69) is 18.2 Å². The predicted molar refractivity (Wildman–Crippen MR) is 139 cm³/mol. The van der Waals surface area contributed by atoms with Crippen LogP contribution in [0.3, 0.4) is 0 Å². The van der Waals surface area contributed by atoms with Crippen molar-refractivity contribution in [1.82, 2.24) is 0 Å². The molecule has 5 heteroatoms. The maximum absolute atomic E-state index is 11.4. The van der Waals surface area contributed by atoms with E-state index in [1.54, 1.807) is 25.3 Å². The molecule has 0 saturated heterocycles. The van der Waals surface area contributed by atoms with Gasteiger partial charge in [-0.05, 0) is 116 Å². The Balaban J connectivity index is 1.35. The van der Waals surface area contributed by atoms with Gasteiger partial charge in [-0.15, -0.1) is 0 Å². The molecule has 0 aliphatic heterocycles. The molecule has 188 valence electrons. The smallest absolute Gasteiger partial charge is 0.335 e. The van der Waals surface area contributed by atoms with Crippen molar-refractivity contribution in [1.29, 1.82) is 0 Å². The predicted octanol–water partition coefficient (Wildman–Crippen LogP) is 6.52. The molecular weight excluding hydrogens is 452 g/mol. The van der Waals surface area contributed by atoms with Crippen LogP contribution in [0, 0.1) is 17.8 Å². The van der Waals surface area contributed by atoms with Crippen LogP contribution in [0.25, 0.3) is 5.57 Å². The fourth-order valence-electron chi connectivity index (χ4n) is 7.44. The summed E-state index contributed by atoms with van der Waals surface area (Å²) in [4.78, 5) is 22.5. The molecule has 0 amide bonds. The van der Waals surface area contributed by atoms with E-state index < -0.39 is 11.9 Å². The second-order valence-corrected chi connectivity index (χ2v) is 11.0. The number of aryl methyl sites for hydroxylation is 1. The highest BCUT2D eigenvalue weighted by molar-refractivity contribution is 5.90. The molecule has 0 aromatic heterocycles. The minimum Gasteiger partial charge on any atom is -0.496 e. The Morgan fingerprint density at radius 2 is 1.61 bits per heavy atom. The van der Waals surface area contributed by atoms with Crippen LogP contribution >= 0.6 is 0 Å². The number of carboxylic acid groups (broad SMARTS) is 2. The van der Waals surface area contributed by atoms with Crippen molar-refractivity contribution >= 4 is 17.5 Å². The van der Waals surface area contributed by atoms with E-state index in [4.69, 9.17) is 9.84 Å². The largest absolute Gasteiger partial charge is 0.496 e. The summed E-state index contributed by atoms with van der Waals surface area (Å²) < 4.78 is 5.93. The Morgan fingerprint density at radius 3 is 2.22 bits per heavy atom. The summed E-state index contributed by atoms with van der Waals surface area (Å²) in [6.45, 7) is 0. The van der Waals surface area contributed by atoms with E-state index in [9.17, 15) is 14.7 Å². The Morgan fingerprint density at radius 1 is 0.944 bits per heavy atom. The molecule has 0 radical (unpaired) electrons. The van der Waals surface area contributed by atoms with Crippen LogP contribution in [0.1, 0.15) is 72.0 Å². The van der Waals surface area contributed by atoms with Crippen LogP contribution in [0.2, 0.25) is 0 Å². The molecule has 4 fully saturated rings. The minimum absolute atomic E-state index is 0.173. The van der Waals surface area contributed by atoms with Crippen LogP contribution in [0.15, 0.2) is 60.7 Å². The van der Waals surface area contributed by atoms with E-state index in [0.29, 0.717) is 17.6 Å². The molecule has 36 heavy (non-hydrogen) atoms. The number of hydrogen-bond acceptors (Lipinski definition) is 3. The lowest BCUT2D eigenvalue weighted by atomic mass is 9.48. The van der Waals surface area contributed by atoms with Gasteiger partial charge in [0.1, 0.15) is 5.75 Å². The SMILES string of the molecule is COc1cc(CC/C=C(/C=C\C(=O)O)c2cccc(C(=O)O)c2)ccc1C12CC3CC(CC(C3)C1)C2. The molecule has 4 bridgehead atoms. The highest BCUT2D eigenvalue weighted by atomic mass is 16.5. The number of carbonyl (C=O) groups is 2. The van der Waals surface area contributed by atoms with Crippen LogP contribution in [-0.4, -0.2) is 29.3 Å². The van der Waals surface area contributed by atoms with Crippen LogP contribution in [0.4, 0.5) is 0 Å². The summed E-state index contributed by atoms with van der Waals surface area (Å²) in [5.74, 6) is 1.58. The lowest BCUT2D eigenvalue weighted by Gasteiger charge is -2.57. The summed E-state index contributed by atoms with van der Waals surface area (Å²) in [5.41, 5.74) is 4.39. The third kappa shape index (κ3) is 4.97. The van der Waals surface area contributed by atoms with Gasteiger partial charge in [-0.3, -0.25) is 0 Å². The van der Waals surface area contributed by atoms with Gasteiger partial charge in [-0.2, -0.15) is 0 Å². The fourth-order valence-corrected chi connectivity index (χ4v) is 7.44. The van der Waals surface area contributed by atoms with Crippen LogP contribution in [-0.2, 0) is 16.6 Å². The summed E-state index contributed by atoms with van der Waals surface area (Å²) in [5, 5.41) is 18.4. The highest BCUT2D eigenvalue weighted by Crippen LogP contribution is 2.61. The topological polar surface area (TPSA) is 83.8 Å². The normalized spacial score (nSPS) is 26.9. The molecule has 0 unspecified atom stereocenters. The van der Waals surface area contributed by atoms with Crippen molar-refractivity contribution in [3.8, 4) is 5.75 Å². The zero-order chi connectivity index (χ0) is 25.3. The molecule has 5 nitrogen and oxygen atoms in total. The summed E-state index contributed by atoms with van der Waals surface area (Å²) in [6.07, 6.45) is 14.2. The third-order valence-corrected chi connectivity index (χ3v) is 8.52. The first-order chi connectivity index (χ1) is 17.3. The van der Waals surface area contributed by atoms with E-state index in [-0.39, 0.29) is 11.0 Å². The van der Waals surface area contributed by atoms with Gasteiger partial charge in [-0.1, -0.05) is 30.3 Å². The first-order valence-electron chi connectivity index (χ1n) is 13.0. The first-order valence-corrected chi connectivity index (χ1v) is 13.0. The summed E-state index contributed by atoms with van der Waals surface area (Å²) in [6, 6.07) is 13.3. The lowest BCUT2D eigenvalue weighted by Crippen LogP contribution is -2.48. The molecule has 4 aliphatic rings. The first kappa shape index (κ1) is 24.4. The average molecular weight is 487 g/mol. The maximum Gasteiger partial charge on any atom is 0.335 e. The number of hydrogen-bond donors (Lipinski definition) is 2. The van der Waals surface area contributed by atoms with Crippen molar-refractivity contribution in [3.05, 3.63) is 82.9 Å². The maximum atomic E-state index is 11.4. The van der Waals surface area contributed by atoms with E-state index >= 15 is 0 Å². The Hall–Kier alpha value is -3.34. The zero-order valence-corrected chi connectivity index (χ0v) is 20.8. The van der Waals surface area contributed by atoms with Gasteiger partial charge in [0.2, 0.25) is 0 Å². The van der Waals surface area contributed by atoms with Gasteiger partial charge < -0.3 is 14.9 Å².